The smallest absolute Gasteiger partial charge is 0.188 e. The van der Waals surface area contributed by atoms with Gasteiger partial charge in [-0.2, -0.15) is 0 Å². The molecule has 53 heavy (non-hydrogen) atoms. The number of rotatable bonds is 12. The molecule has 296 valence electrons. The second-order valence-electron chi connectivity index (χ2n) is 18.4. The van der Waals surface area contributed by atoms with E-state index in [1.165, 1.54) is 0 Å². The molecule has 0 aromatic heterocycles. The largest absolute Gasteiger partial charge is 0.409 e. The first kappa shape index (κ1) is 41.5. The highest BCUT2D eigenvalue weighted by molar-refractivity contribution is 6.71. The van der Waals surface area contributed by atoms with E-state index in [2.05, 4.69) is 78.6 Å². The van der Waals surface area contributed by atoms with E-state index in [1.54, 1.807) is 0 Å². The van der Waals surface area contributed by atoms with Crippen molar-refractivity contribution in [1.82, 2.24) is 0 Å². The lowest BCUT2D eigenvalue weighted by molar-refractivity contribution is -0.407. The summed E-state index contributed by atoms with van der Waals surface area (Å²) in [7, 11) is -8.74. The molecule has 4 saturated heterocycles. The Hall–Kier alpha value is -1.13. The zero-order valence-corrected chi connectivity index (χ0v) is 37.6. The lowest BCUT2D eigenvalue weighted by Gasteiger charge is -2.54. The van der Waals surface area contributed by atoms with Crippen LogP contribution < -0.4 is 0 Å². The van der Waals surface area contributed by atoms with Gasteiger partial charge in [0.25, 0.3) is 0 Å². The van der Waals surface area contributed by atoms with Gasteiger partial charge in [0, 0.05) is 11.1 Å². The Labute approximate surface area is 320 Å². The summed E-state index contributed by atoms with van der Waals surface area (Å²) in [4.78, 5) is 0. The van der Waals surface area contributed by atoms with Crippen LogP contribution in [0.3, 0.4) is 0 Å². The summed E-state index contributed by atoms with van der Waals surface area (Å²) < 4.78 is 74.8. The van der Waals surface area contributed by atoms with Gasteiger partial charge < -0.3 is 50.9 Å². The Morgan fingerprint density at radius 1 is 0.434 bits per heavy atom. The van der Waals surface area contributed by atoms with Gasteiger partial charge in [0.2, 0.25) is 0 Å². The zero-order valence-electron chi connectivity index (χ0n) is 33.6. The third-order valence-electron chi connectivity index (χ3n) is 8.94. The van der Waals surface area contributed by atoms with Crippen LogP contribution in [-0.4, -0.2) is 108 Å². The first-order valence-electron chi connectivity index (χ1n) is 19.0. The molecule has 11 nitrogen and oxygen atoms in total. The topological polar surface area (TPSA) is 102 Å². The number of hydrogen-bond donors (Lipinski definition) is 0. The van der Waals surface area contributed by atoms with E-state index in [4.69, 9.17) is 50.9 Å². The van der Waals surface area contributed by atoms with Gasteiger partial charge in [0.05, 0.1) is 13.2 Å². The molecule has 2 unspecified atom stereocenters. The van der Waals surface area contributed by atoms with Gasteiger partial charge in [-0.15, -0.1) is 0 Å². The fourth-order valence-corrected chi connectivity index (χ4v) is 11.4. The van der Waals surface area contributed by atoms with Crippen LogP contribution in [0.1, 0.15) is 23.7 Å². The van der Waals surface area contributed by atoms with Crippen molar-refractivity contribution in [3.05, 3.63) is 71.8 Å². The molecule has 2 aromatic carbocycles. The molecule has 0 aliphatic carbocycles. The summed E-state index contributed by atoms with van der Waals surface area (Å²) in [6.07, 6.45) is -6.93. The van der Waals surface area contributed by atoms with Crippen molar-refractivity contribution in [2.24, 2.45) is 0 Å². The number of hydrogen-bond acceptors (Lipinski definition) is 11. The van der Waals surface area contributed by atoms with Crippen molar-refractivity contribution in [1.29, 1.82) is 0 Å². The quantitative estimate of drug-likeness (QED) is 0.199. The molecule has 0 amide bonds. The molecule has 4 heterocycles. The highest BCUT2D eigenvalue weighted by Crippen LogP contribution is 2.42. The van der Waals surface area contributed by atoms with Gasteiger partial charge in [-0.05, 0) is 78.6 Å². The standard InChI is InChI=1S/C38H62O11Si4/c1-50(2,3)46-31-29-27(23-39-35(43-29)25-19-15-13-16-20-25)41-37(33(31)48-52(7,8)9)45-38-34(49-53(10,11)12)32(47-51(4,5)6)30-28(42-38)24-40-36(44-30)26-21-17-14-18-22-26/h13-22,27-38H,23-24H2,1-12H3/t27-,28-,29-,30-,31+,32+,33-,34-,35?,36?,37-,38-/m1/s1. The summed E-state index contributed by atoms with van der Waals surface area (Å²) in [6, 6.07) is 20.0. The fourth-order valence-electron chi connectivity index (χ4n) is 7.16. The Morgan fingerprint density at radius 2 is 0.755 bits per heavy atom. The molecule has 4 aliphatic rings. The van der Waals surface area contributed by atoms with Crippen molar-refractivity contribution in [3.8, 4) is 0 Å². The first-order valence-corrected chi connectivity index (χ1v) is 32.7. The van der Waals surface area contributed by atoms with Gasteiger partial charge in [0.1, 0.15) is 48.8 Å². The fraction of sp³-hybridized carbons (Fsp3) is 0.684. The Bertz CT molecular complexity index is 1350. The van der Waals surface area contributed by atoms with E-state index in [0.717, 1.165) is 11.1 Å². The van der Waals surface area contributed by atoms with E-state index in [-0.39, 0.29) is 0 Å². The van der Waals surface area contributed by atoms with Crippen LogP contribution in [0.5, 0.6) is 0 Å². The van der Waals surface area contributed by atoms with Gasteiger partial charge in [-0.1, -0.05) is 60.7 Å². The van der Waals surface area contributed by atoms with E-state index >= 15 is 0 Å². The molecule has 4 aliphatic heterocycles. The van der Waals surface area contributed by atoms with Crippen molar-refractivity contribution in [2.45, 2.75) is 153 Å². The van der Waals surface area contributed by atoms with Crippen molar-refractivity contribution in [3.63, 3.8) is 0 Å². The third-order valence-corrected chi connectivity index (χ3v) is 12.9. The normalized spacial score (nSPS) is 35.7. The molecule has 12 atom stereocenters. The van der Waals surface area contributed by atoms with Crippen LogP contribution in [0.25, 0.3) is 0 Å². The zero-order chi connectivity index (χ0) is 38.3. The maximum absolute atomic E-state index is 7.06. The lowest BCUT2D eigenvalue weighted by atomic mass is 9.96. The highest BCUT2D eigenvalue weighted by atomic mass is 28.4. The van der Waals surface area contributed by atoms with Crippen molar-refractivity contribution < 1.29 is 50.9 Å². The van der Waals surface area contributed by atoms with E-state index in [1.807, 2.05) is 60.7 Å². The summed E-state index contributed by atoms with van der Waals surface area (Å²) in [5.41, 5.74) is 1.88. The second-order valence-corrected chi connectivity index (χ2v) is 36.2. The minimum Gasteiger partial charge on any atom is -0.409 e. The highest BCUT2D eigenvalue weighted by Gasteiger charge is 2.58. The minimum absolute atomic E-state index is 0.296. The van der Waals surface area contributed by atoms with Crippen LogP contribution in [0.15, 0.2) is 60.7 Å². The van der Waals surface area contributed by atoms with Crippen LogP contribution in [0.4, 0.5) is 0 Å². The maximum Gasteiger partial charge on any atom is 0.188 e. The Kier molecular flexibility index (Phi) is 12.8. The molecule has 6 rings (SSSR count). The van der Waals surface area contributed by atoms with Gasteiger partial charge >= 0.3 is 0 Å². The molecule has 0 radical (unpaired) electrons. The SMILES string of the molecule is C[Si](C)(C)O[C@@H]1[C@@H](O[Si](C)(C)C)[C@@H](O[C@H]2O[C@@H]3COC(c4ccccc4)O[C@H]3[C@H](O[Si](C)(C)C)[C@H]2O[Si](C)(C)C)O[C@@H]2COC(c3ccccc3)O[C@@H]12. The van der Waals surface area contributed by atoms with Gasteiger partial charge in [-0.3, -0.25) is 0 Å². The Balaban J connectivity index is 1.34. The van der Waals surface area contributed by atoms with E-state index in [9.17, 15) is 0 Å². The van der Waals surface area contributed by atoms with Crippen LogP contribution in [-0.2, 0) is 50.9 Å². The second kappa shape index (κ2) is 16.4. The third kappa shape index (κ3) is 11.0. The predicted molar refractivity (Wildman–Crippen MR) is 211 cm³/mol. The molecular formula is C38H62O11Si4. The average Bonchev–Trinajstić information content (AvgIpc) is 3.06. The molecular weight excluding hydrogens is 745 g/mol. The average molecular weight is 807 g/mol. The lowest BCUT2D eigenvalue weighted by Crippen LogP contribution is -2.69. The van der Waals surface area contributed by atoms with Crippen molar-refractivity contribution >= 4 is 33.3 Å². The summed E-state index contributed by atoms with van der Waals surface area (Å²) in [6.45, 7) is 26.6. The van der Waals surface area contributed by atoms with E-state index in [0.29, 0.717) is 13.2 Å². The number of ether oxygens (including phenoxy) is 7. The molecule has 4 fully saturated rings. The van der Waals surface area contributed by atoms with Crippen molar-refractivity contribution in [2.75, 3.05) is 13.2 Å². The molecule has 0 saturated carbocycles. The van der Waals surface area contributed by atoms with E-state index < -0.39 is 107 Å². The summed E-state index contributed by atoms with van der Waals surface area (Å²) in [5.74, 6) is 0. The van der Waals surface area contributed by atoms with Gasteiger partial charge in [-0.25, -0.2) is 0 Å². The minimum atomic E-state index is -2.21. The van der Waals surface area contributed by atoms with Crippen LogP contribution >= 0.6 is 0 Å². The monoisotopic (exact) mass is 806 g/mol. The predicted octanol–water partition coefficient (Wildman–Crippen LogP) is 7.56. The maximum atomic E-state index is 7.06. The molecule has 2 aromatic rings. The summed E-state index contributed by atoms with van der Waals surface area (Å²) >= 11 is 0. The molecule has 0 N–H and O–H groups in total. The Morgan fingerprint density at radius 3 is 1.08 bits per heavy atom. The molecule has 15 heteroatoms. The first-order chi connectivity index (χ1) is 24.7. The van der Waals surface area contributed by atoms with Crippen LogP contribution in [0.2, 0.25) is 78.6 Å². The molecule has 0 bridgehead atoms. The molecule has 0 spiro atoms. The van der Waals surface area contributed by atoms with Gasteiger partial charge in [0.15, 0.2) is 58.4 Å². The summed E-state index contributed by atoms with van der Waals surface area (Å²) in [5, 5.41) is 0. The number of fused-ring (bicyclic) bond motifs is 2. The number of benzene rings is 2. The van der Waals surface area contributed by atoms with Crippen LogP contribution in [0, 0.1) is 0 Å².